The van der Waals surface area contributed by atoms with Crippen LogP contribution in [-0.4, -0.2) is 76.4 Å². The van der Waals surface area contributed by atoms with Crippen LogP contribution in [-0.2, 0) is 4.79 Å². The summed E-state index contributed by atoms with van der Waals surface area (Å²) in [6.07, 6.45) is 1.21. The summed E-state index contributed by atoms with van der Waals surface area (Å²) in [5, 5.41) is 2.69. The fourth-order valence-electron chi connectivity index (χ4n) is 5.63. The van der Waals surface area contributed by atoms with Crippen molar-refractivity contribution in [3.05, 3.63) is 51.9 Å². The molecule has 2 fully saturated rings. The quantitative estimate of drug-likeness (QED) is 0.585. The Morgan fingerprint density at radius 2 is 1.80 bits per heavy atom. The van der Waals surface area contributed by atoms with Crippen molar-refractivity contribution in [3.8, 4) is 11.1 Å². The molecule has 2 aliphatic heterocycles. The molecule has 3 atom stereocenters. The maximum absolute atomic E-state index is 13.1. The zero-order valence-corrected chi connectivity index (χ0v) is 21.7. The summed E-state index contributed by atoms with van der Waals surface area (Å²) in [5.74, 6) is 2.14. The molecule has 0 aliphatic carbocycles. The Balaban J connectivity index is 1.22. The van der Waals surface area contributed by atoms with Crippen molar-refractivity contribution in [2.24, 2.45) is 11.8 Å². The van der Waals surface area contributed by atoms with Gasteiger partial charge in [0.2, 0.25) is 5.91 Å². The molecular formula is C27H35N5O2S. The Bertz CT molecular complexity index is 1220. The molecule has 0 unspecified atom stereocenters. The first-order chi connectivity index (χ1) is 16.9. The number of aromatic amines is 1. The molecule has 7 nitrogen and oxygen atoms in total. The van der Waals surface area contributed by atoms with E-state index in [0.29, 0.717) is 29.6 Å². The molecule has 1 amide bonds. The number of hydrogen-bond acceptors (Lipinski definition) is 6. The van der Waals surface area contributed by atoms with Gasteiger partial charge >= 0.3 is 0 Å². The highest BCUT2D eigenvalue weighted by Gasteiger charge is 2.29. The first-order valence-electron chi connectivity index (χ1n) is 12.7. The minimum absolute atomic E-state index is 0.0102. The molecule has 4 heterocycles. The van der Waals surface area contributed by atoms with Crippen LogP contribution in [0.2, 0.25) is 0 Å². The zero-order chi connectivity index (χ0) is 24.5. The highest BCUT2D eigenvalue weighted by atomic mass is 32.1. The normalized spacial score (nSPS) is 23.0. The molecule has 3 aromatic rings. The van der Waals surface area contributed by atoms with E-state index in [2.05, 4.69) is 40.5 Å². The predicted octanol–water partition coefficient (Wildman–Crippen LogP) is 3.83. The molecule has 1 N–H and O–H groups in total. The second-order valence-electron chi connectivity index (χ2n) is 10.4. The lowest BCUT2D eigenvalue weighted by Crippen LogP contribution is -2.52. The molecule has 0 spiro atoms. The Kier molecular flexibility index (Phi) is 7.05. The average Bonchev–Trinajstić information content (AvgIpc) is 3.29. The van der Waals surface area contributed by atoms with Crippen LogP contribution >= 0.6 is 11.3 Å². The summed E-state index contributed by atoms with van der Waals surface area (Å²) in [4.78, 5) is 41.3. The van der Waals surface area contributed by atoms with Crippen LogP contribution < -0.4 is 5.56 Å². The predicted molar refractivity (Wildman–Crippen MR) is 142 cm³/mol. The average molecular weight is 494 g/mol. The number of amides is 1. The second-order valence-corrected chi connectivity index (χ2v) is 11.2. The van der Waals surface area contributed by atoms with E-state index in [1.54, 1.807) is 0 Å². The molecule has 8 heteroatoms. The number of fused-ring (bicyclic) bond motifs is 1. The monoisotopic (exact) mass is 493 g/mol. The minimum Gasteiger partial charge on any atom is -0.341 e. The van der Waals surface area contributed by atoms with Gasteiger partial charge in [-0.15, -0.1) is 11.3 Å². The van der Waals surface area contributed by atoms with Gasteiger partial charge in [0.1, 0.15) is 10.7 Å². The van der Waals surface area contributed by atoms with E-state index in [-0.39, 0.29) is 17.5 Å². The molecule has 0 bridgehead atoms. The Labute approximate surface area is 210 Å². The molecule has 186 valence electrons. The summed E-state index contributed by atoms with van der Waals surface area (Å²) >= 11 is 1.52. The molecular weight excluding hydrogens is 458 g/mol. The van der Waals surface area contributed by atoms with Gasteiger partial charge in [0.15, 0.2) is 0 Å². The van der Waals surface area contributed by atoms with Gasteiger partial charge in [0.05, 0.1) is 18.0 Å². The van der Waals surface area contributed by atoms with Crippen LogP contribution in [0.4, 0.5) is 0 Å². The number of aromatic nitrogens is 2. The van der Waals surface area contributed by atoms with Gasteiger partial charge in [-0.05, 0) is 30.7 Å². The zero-order valence-electron chi connectivity index (χ0n) is 20.9. The lowest BCUT2D eigenvalue weighted by atomic mass is 9.92. The van der Waals surface area contributed by atoms with Crippen molar-refractivity contribution in [2.75, 3.05) is 45.8 Å². The summed E-state index contributed by atoms with van der Waals surface area (Å²) in [6.45, 7) is 12.2. The van der Waals surface area contributed by atoms with Gasteiger partial charge in [-0.3, -0.25) is 19.4 Å². The third-order valence-electron chi connectivity index (χ3n) is 7.48. The van der Waals surface area contributed by atoms with E-state index in [4.69, 9.17) is 4.98 Å². The summed E-state index contributed by atoms with van der Waals surface area (Å²) in [7, 11) is 0. The van der Waals surface area contributed by atoms with Crippen molar-refractivity contribution >= 4 is 27.5 Å². The SMILES string of the molecule is C[C@@H]1C[C@@H](C)CN(C(=O)CN2CCN([C@@H](C)c3nc4scc(-c5ccccc5)c4c(=O)[nH]3)CC2)C1. The number of rotatable bonds is 5. The lowest BCUT2D eigenvalue weighted by molar-refractivity contribution is -0.135. The van der Waals surface area contributed by atoms with Gasteiger partial charge in [0.25, 0.3) is 5.56 Å². The summed E-state index contributed by atoms with van der Waals surface area (Å²) < 4.78 is 0. The molecule has 1 aromatic carbocycles. The van der Waals surface area contributed by atoms with Gasteiger partial charge in [-0.2, -0.15) is 0 Å². The van der Waals surface area contributed by atoms with Crippen molar-refractivity contribution in [2.45, 2.75) is 33.2 Å². The first-order valence-corrected chi connectivity index (χ1v) is 13.6. The highest BCUT2D eigenvalue weighted by molar-refractivity contribution is 7.17. The topological polar surface area (TPSA) is 72.5 Å². The number of H-pyrrole nitrogens is 1. The number of hydrogen-bond donors (Lipinski definition) is 1. The van der Waals surface area contributed by atoms with E-state index < -0.39 is 0 Å². The number of nitrogens with zero attached hydrogens (tertiary/aromatic N) is 4. The number of carbonyl (C=O) groups excluding carboxylic acids is 1. The number of nitrogens with one attached hydrogen (secondary N) is 1. The summed E-state index contributed by atoms with van der Waals surface area (Å²) in [5.41, 5.74) is 1.89. The van der Waals surface area contributed by atoms with E-state index >= 15 is 0 Å². The Hall–Kier alpha value is -2.55. The number of piperazine rings is 1. The van der Waals surface area contributed by atoms with Gasteiger partial charge < -0.3 is 9.88 Å². The Morgan fingerprint density at radius 1 is 1.11 bits per heavy atom. The maximum Gasteiger partial charge on any atom is 0.260 e. The van der Waals surface area contributed by atoms with E-state index in [0.717, 1.165) is 55.2 Å². The highest BCUT2D eigenvalue weighted by Crippen LogP contribution is 2.31. The van der Waals surface area contributed by atoms with Crippen molar-refractivity contribution in [1.82, 2.24) is 24.7 Å². The fraction of sp³-hybridized carbons (Fsp3) is 0.519. The van der Waals surface area contributed by atoms with Crippen molar-refractivity contribution < 1.29 is 4.79 Å². The first kappa shape index (κ1) is 24.2. The van der Waals surface area contributed by atoms with Crippen LogP contribution in [0.25, 0.3) is 21.3 Å². The largest absolute Gasteiger partial charge is 0.341 e. The molecule has 2 saturated heterocycles. The summed E-state index contributed by atoms with van der Waals surface area (Å²) in [6, 6.07) is 10.00. The molecule has 2 aromatic heterocycles. The van der Waals surface area contributed by atoms with Crippen molar-refractivity contribution in [1.29, 1.82) is 0 Å². The standard InChI is InChI=1S/C27H35N5O2S/c1-18-13-19(2)15-32(14-18)23(33)16-30-9-11-31(12-10-30)20(3)25-28-26(34)24-22(17-35-27(24)29-25)21-7-5-4-6-8-21/h4-8,17-20H,9-16H2,1-3H3,(H,28,29,34)/t18-,19-,20+/m1/s1. The fourth-order valence-corrected chi connectivity index (χ4v) is 6.59. The number of piperidine rings is 1. The molecule has 2 aliphatic rings. The molecule has 0 saturated carbocycles. The molecule has 0 radical (unpaired) electrons. The smallest absolute Gasteiger partial charge is 0.260 e. The minimum atomic E-state index is -0.0776. The van der Waals surface area contributed by atoms with Gasteiger partial charge in [0, 0.05) is 50.2 Å². The maximum atomic E-state index is 13.1. The Morgan fingerprint density at radius 3 is 2.49 bits per heavy atom. The van der Waals surface area contributed by atoms with Crippen molar-refractivity contribution in [3.63, 3.8) is 0 Å². The number of benzene rings is 1. The third kappa shape index (κ3) is 5.20. The van der Waals surface area contributed by atoms with Crippen LogP contribution in [0.5, 0.6) is 0 Å². The lowest BCUT2D eigenvalue weighted by Gasteiger charge is -2.39. The van der Waals surface area contributed by atoms with Crippen LogP contribution in [0.15, 0.2) is 40.5 Å². The van der Waals surface area contributed by atoms with Gasteiger partial charge in [-0.1, -0.05) is 44.2 Å². The van der Waals surface area contributed by atoms with Crippen LogP contribution in [0.3, 0.4) is 0 Å². The van der Waals surface area contributed by atoms with Crippen LogP contribution in [0, 0.1) is 11.8 Å². The number of likely N-dealkylation sites (tertiary alicyclic amines) is 1. The number of thiophene rings is 1. The molecule has 5 rings (SSSR count). The number of carbonyl (C=O) groups is 1. The van der Waals surface area contributed by atoms with E-state index in [1.165, 1.54) is 17.8 Å². The van der Waals surface area contributed by atoms with E-state index in [9.17, 15) is 9.59 Å². The third-order valence-corrected chi connectivity index (χ3v) is 8.35. The van der Waals surface area contributed by atoms with Gasteiger partial charge in [-0.25, -0.2) is 4.98 Å². The van der Waals surface area contributed by atoms with Crippen LogP contribution in [0.1, 0.15) is 39.1 Å². The second kappa shape index (κ2) is 10.2. The van der Waals surface area contributed by atoms with E-state index in [1.807, 2.05) is 35.7 Å². The molecule has 35 heavy (non-hydrogen) atoms.